The second-order valence-corrected chi connectivity index (χ2v) is 15.2. The summed E-state index contributed by atoms with van der Waals surface area (Å²) in [6.07, 6.45) is 4.73. The molecule has 2 saturated heterocycles. The molecule has 4 aliphatic heterocycles. The van der Waals surface area contributed by atoms with Crippen molar-refractivity contribution in [2.24, 2.45) is 5.41 Å². The molecule has 248 valence electrons. The van der Waals surface area contributed by atoms with E-state index in [0.717, 1.165) is 49.4 Å². The van der Waals surface area contributed by atoms with E-state index in [0.29, 0.717) is 29.5 Å². The molecule has 2 fully saturated rings. The zero-order valence-corrected chi connectivity index (χ0v) is 27.8. The minimum atomic E-state index is -1.03. The number of amides is 3. The summed E-state index contributed by atoms with van der Waals surface area (Å²) in [5, 5.41) is 5.01. The van der Waals surface area contributed by atoms with Gasteiger partial charge in [0.2, 0.25) is 0 Å². The lowest BCUT2D eigenvalue weighted by molar-refractivity contribution is -0.121. The number of benzene rings is 2. The third-order valence-electron chi connectivity index (χ3n) is 9.61. The lowest BCUT2D eigenvalue weighted by Gasteiger charge is -2.60. The number of aryl methyl sites for hydroxylation is 1. The van der Waals surface area contributed by atoms with Crippen molar-refractivity contribution < 1.29 is 23.5 Å². The van der Waals surface area contributed by atoms with Crippen molar-refractivity contribution in [1.29, 1.82) is 0 Å². The number of nitrogens with one attached hydrogen (secondary N) is 1. The zero-order chi connectivity index (χ0) is 33.4. The predicted octanol–water partition coefficient (Wildman–Crippen LogP) is 5.48. The van der Waals surface area contributed by atoms with Gasteiger partial charge >= 0.3 is 6.09 Å². The van der Waals surface area contributed by atoms with Crippen LogP contribution in [0.1, 0.15) is 60.5 Å². The smallest absolute Gasteiger partial charge is 0.410 e. The average Bonchev–Trinajstić information content (AvgIpc) is 3.79. The van der Waals surface area contributed by atoms with E-state index in [1.54, 1.807) is 28.9 Å². The molecule has 0 saturated carbocycles. The number of nitrogens with zero attached hydrogens (tertiary/aromatic N) is 6. The second-order valence-electron chi connectivity index (χ2n) is 14.3. The number of likely N-dealkylation sites (tertiary alicyclic amines) is 1. The molecule has 1 unspecified atom stereocenters. The molecule has 2 aromatic heterocycles. The van der Waals surface area contributed by atoms with Crippen molar-refractivity contribution in [3.63, 3.8) is 0 Å². The van der Waals surface area contributed by atoms with Gasteiger partial charge in [-0.3, -0.25) is 14.9 Å². The fraction of sp³-hybridized carbons (Fsp3) is 0.400. The summed E-state index contributed by atoms with van der Waals surface area (Å²) in [5.74, 6) is -1.32. The van der Waals surface area contributed by atoms with Crippen LogP contribution in [0.5, 0.6) is 0 Å². The maximum Gasteiger partial charge on any atom is 0.410 e. The third-order valence-corrected chi connectivity index (χ3v) is 10.3. The highest BCUT2D eigenvalue weighted by atomic mass is 32.1. The highest BCUT2D eigenvalue weighted by molar-refractivity contribution is 7.13. The van der Waals surface area contributed by atoms with Gasteiger partial charge in [0.15, 0.2) is 11.2 Å². The SMILES string of the molecule is CC(C)(C)OC(=O)N1CC2(C1)CN(c1ccc(-c3cc(F)c4c(c3)C(=O)N(C(C(=O)Nc3nccs3)c3ncn5c3CCC5)C4)cc1)C2. The number of carbonyl (C=O) groups excluding carboxylic acids is 3. The lowest BCUT2D eigenvalue weighted by atomic mass is 9.73. The first kappa shape index (κ1) is 30.5. The van der Waals surface area contributed by atoms with E-state index < -0.39 is 29.3 Å². The summed E-state index contributed by atoms with van der Waals surface area (Å²) in [4.78, 5) is 54.3. The summed E-state index contributed by atoms with van der Waals surface area (Å²) in [7, 11) is 0. The number of anilines is 2. The molecule has 8 rings (SSSR count). The molecule has 3 amide bonds. The van der Waals surface area contributed by atoms with Crippen LogP contribution in [0.15, 0.2) is 54.3 Å². The molecule has 4 aliphatic rings. The molecule has 2 aromatic carbocycles. The molecule has 0 aliphatic carbocycles. The Hall–Kier alpha value is -4.78. The van der Waals surface area contributed by atoms with E-state index in [4.69, 9.17) is 4.74 Å². The van der Waals surface area contributed by atoms with Crippen LogP contribution in [0, 0.1) is 11.2 Å². The van der Waals surface area contributed by atoms with Crippen LogP contribution in [-0.4, -0.2) is 74.0 Å². The number of hydrogen-bond acceptors (Lipinski definition) is 8. The fourth-order valence-electron chi connectivity index (χ4n) is 7.40. The van der Waals surface area contributed by atoms with Crippen molar-refractivity contribution in [1.82, 2.24) is 24.3 Å². The largest absolute Gasteiger partial charge is 0.444 e. The van der Waals surface area contributed by atoms with Gasteiger partial charge in [0.25, 0.3) is 11.8 Å². The van der Waals surface area contributed by atoms with Gasteiger partial charge in [0.1, 0.15) is 11.4 Å². The monoisotopic (exact) mass is 669 g/mol. The Labute approximate surface area is 281 Å². The van der Waals surface area contributed by atoms with Crippen molar-refractivity contribution in [2.75, 3.05) is 36.4 Å². The van der Waals surface area contributed by atoms with Crippen molar-refractivity contribution >= 4 is 40.1 Å². The number of rotatable bonds is 6. The van der Waals surface area contributed by atoms with E-state index in [2.05, 4.69) is 20.2 Å². The summed E-state index contributed by atoms with van der Waals surface area (Å²) in [6, 6.07) is 10.0. The molecule has 1 atom stereocenters. The number of thiazole rings is 1. The fourth-order valence-corrected chi connectivity index (χ4v) is 7.93. The molecular formula is C35H36FN7O4S. The standard InChI is InChI=1S/C35H36FN7O4S/c1-34(2,3)47-33(46)42-18-35(19-42)16-41(17-35)23-8-6-21(7-9-23)22-13-24-25(26(36)14-22)15-43(31(24)45)29(30(44)39-32-37-10-12-48-32)28-27-5-4-11-40(27)20-38-28/h6-10,12-14,20,29H,4-5,11,15-19H2,1-3H3,(H,37,39,44). The van der Waals surface area contributed by atoms with Gasteiger partial charge in [-0.1, -0.05) is 12.1 Å². The normalized spacial score (nSPS) is 18.3. The highest BCUT2D eigenvalue weighted by Crippen LogP contribution is 2.43. The maximum absolute atomic E-state index is 15.7. The molecule has 0 radical (unpaired) electrons. The number of hydrogen-bond donors (Lipinski definition) is 1. The topological polar surface area (TPSA) is 113 Å². The van der Waals surface area contributed by atoms with E-state index in [-0.39, 0.29) is 29.2 Å². The van der Waals surface area contributed by atoms with E-state index in [1.165, 1.54) is 22.3 Å². The Kier molecular flexibility index (Phi) is 7.09. The van der Waals surface area contributed by atoms with E-state index in [1.807, 2.05) is 49.6 Å². The van der Waals surface area contributed by atoms with Crippen LogP contribution >= 0.6 is 11.3 Å². The molecular weight excluding hydrogens is 633 g/mol. The first-order valence-electron chi connectivity index (χ1n) is 16.2. The number of imidazole rings is 1. The van der Waals surface area contributed by atoms with Crippen LogP contribution in [0.25, 0.3) is 11.1 Å². The van der Waals surface area contributed by atoms with E-state index in [9.17, 15) is 14.4 Å². The van der Waals surface area contributed by atoms with E-state index >= 15 is 4.39 Å². The van der Waals surface area contributed by atoms with Gasteiger partial charge in [0.05, 0.1) is 18.6 Å². The van der Waals surface area contributed by atoms with Gasteiger partial charge in [0, 0.05) is 72.2 Å². The number of halogens is 1. The summed E-state index contributed by atoms with van der Waals surface area (Å²) in [5.41, 5.74) is 3.97. The molecule has 4 aromatic rings. The van der Waals surface area contributed by atoms with Crippen LogP contribution in [0.3, 0.4) is 0 Å². The predicted molar refractivity (Wildman–Crippen MR) is 178 cm³/mol. The number of fused-ring (bicyclic) bond motifs is 2. The summed E-state index contributed by atoms with van der Waals surface area (Å²) >= 11 is 1.28. The Balaban J connectivity index is 0.983. The average molecular weight is 670 g/mol. The molecule has 1 spiro atoms. The van der Waals surface area contributed by atoms with Crippen molar-refractivity contribution in [3.8, 4) is 11.1 Å². The molecule has 48 heavy (non-hydrogen) atoms. The molecule has 11 nitrogen and oxygen atoms in total. The Bertz CT molecular complexity index is 1920. The molecule has 0 bridgehead atoms. The highest BCUT2D eigenvalue weighted by Gasteiger charge is 2.54. The van der Waals surface area contributed by atoms with Gasteiger partial charge in [-0.2, -0.15) is 0 Å². The number of ether oxygens (including phenoxy) is 1. The third kappa shape index (κ3) is 5.29. The minimum absolute atomic E-state index is 0.0382. The second kappa shape index (κ2) is 11.1. The van der Waals surface area contributed by atoms with Gasteiger partial charge < -0.3 is 24.0 Å². The lowest BCUT2D eigenvalue weighted by Crippen LogP contribution is -2.73. The number of carbonyl (C=O) groups is 3. The van der Waals surface area contributed by atoms with Crippen LogP contribution in [0.2, 0.25) is 0 Å². The minimum Gasteiger partial charge on any atom is -0.444 e. The van der Waals surface area contributed by atoms with Gasteiger partial charge in [-0.25, -0.2) is 19.2 Å². The molecule has 13 heteroatoms. The van der Waals surface area contributed by atoms with Crippen LogP contribution < -0.4 is 10.2 Å². The summed E-state index contributed by atoms with van der Waals surface area (Å²) in [6.45, 7) is 9.44. The van der Waals surface area contributed by atoms with Crippen LogP contribution in [0.4, 0.5) is 20.0 Å². The Morgan fingerprint density at radius 1 is 1.06 bits per heavy atom. The Morgan fingerprint density at radius 3 is 2.54 bits per heavy atom. The van der Waals surface area contributed by atoms with Gasteiger partial charge in [-0.05, 0) is 69.0 Å². The zero-order valence-electron chi connectivity index (χ0n) is 27.0. The van der Waals surface area contributed by atoms with Crippen molar-refractivity contribution in [2.45, 2.75) is 58.3 Å². The van der Waals surface area contributed by atoms with Gasteiger partial charge in [-0.15, -0.1) is 11.3 Å². The van der Waals surface area contributed by atoms with Crippen molar-refractivity contribution in [3.05, 3.63) is 82.6 Å². The Morgan fingerprint density at radius 2 is 1.83 bits per heavy atom. The molecule has 6 heterocycles. The molecule has 1 N–H and O–H groups in total. The first-order chi connectivity index (χ1) is 23.0. The quantitative estimate of drug-likeness (QED) is 0.289. The van der Waals surface area contributed by atoms with Crippen LogP contribution in [-0.2, 0) is 29.0 Å². The number of aromatic nitrogens is 3. The maximum atomic E-state index is 15.7. The first-order valence-corrected chi connectivity index (χ1v) is 17.1. The summed E-state index contributed by atoms with van der Waals surface area (Å²) < 4.78 is 23.3.